The Morgan fingerprint density at radius 1 is 1.07 bits per heavy atom. The van der Waals surface area contributed by atoms with Crippen LogP contribution in [0.15, 0.2) is 61.2 Å². The highest BCUT2D eigenvalue weighted by Crippen LogP contribution is 2.15. The van der Waals surface area contributed by atoms with Crippen molar-refractivity contribution in [1.82, 2.24) is 10.6 Å². The Hall–Kier alpha value is -3.23. The van der Waals surface area contributed by atoms with Crippen LogP contribution in [0.4, 0.5) is 5.69 Å². The Balaban J connectivity index is 1.96. The minimum Gasteiger partial charge on any atom is -0.491 e. The first-order valence-corrected chi connectivity index (χ1v) is 9.28. The number of methoxy groups -OCH3 is 1. The third-order valence-electron chi connectivity index (χ3n) is 3.73. The highest BCUT2D eigenvalue weighted by Gasteiger charge is 2.13. The largest absolute Gasteiger partial charge is 0.491 e. The number of hydrogen-bond acceptors (Lipinski definition) is 5. The van der Waals surface area contributed by atoms with Crippen molar-refractivity contribution >= 4 is 34.8 Å². The third-order valence-corrected chi connectivity index (χ3v) is 3.93. The maximum absolute atomic E-state index is 12.4. The second kappa shape index (κ2) is 11.6. The van der Waals surface area contributed by atoms with Gasteiger partial charge in [0.15, 0.2) is 5.11 Å². The van der Waals surface area contributed by atoms with E-state index in [0.29, 0.717) is 42.3 Å². The molecule has 0 fully saturated rings. The van der Waals surface area contributed by atoms with E-state index in [4.69, 9.17) is 21.7 Å². The van der Waals surface area contributed by atoms with E-state index >= 15 is 0 Å². The van der Waals surface area contributed by atoms with Crippen molar-refractivity contribution in [2.24, 2.45) is 0 Å². The fourth-order valence-corrected chi connectivity index (χ4v) is 2.53. The van der Waals surface area contributed by atoms with Gasteiger partial charge < -0.3 is 20.1 Å². The van der Waals surface area contributed by atoms with Gasteiger partial charge in [-0.2, -0.15) is 0 Å². The maximum Gasteiger partial charge on any atom is 0.257 e. The lowest BCUT2D eigenvalue weighted by Gasteiger charge is -2.13. The van der Waals surface area contributed by atoms with Crippen LogP contribution >= 0.6 is 12.2 Å². The zero-order valence-corrected chi connectivity index (χ0v) is 16.9. The SMILES string of the molecule is C=CCNC(=O)c1ccccc1NC(=S)NC(=O)c1ccc(OCCOC)cc1. The predicted molar refractivity (Wildman–Crippen MR) is 116 cm³/mol. The number of para-hydroxylation sites is 1. The summed E-state index contributed by atoms with van der Waals surface area (Å²) in [6.45, 7) is 4.83. The van der Waals surface area contributed by atoms with Crippen LogP contribution in [0.5, 0.6) is 5.75 Å². The molecule has 0 aliphatic carbocycles. The van der Waals surface area contributed by atoms with Gasteiger partial charge in [0.25, 0.3) is 11.8 Å². The molecule has 0 aliphatic rings. The number of hydrogen-bond donors (Lipinski definition) is 3. The number of benzene rings is 2. The van der Waals surface area contributed by atoms with Crippen molar-refractivity contribution in [3.05, 3.63) is 72.3 Å². The van der Waals surface area contributed by atoms with Gasteiger partial charge in [-0.25, -0.2) is 0 Å². The lowest BCUT2D eigenvalue weighted by atomic mass is 10.1. The quantitative estimate of drug-likeness (QED) is 0.333. The van der Waals surface area contributed by atoms with Crippen molar-refractivity contribution in [1.29, 1.82) is 0 Å². The second-order valence-corrected chi connectivity index (χ2v) is 6.23. The minimum absolute atomic E-state index is 0.0828. The van der Waals surface area contributed by atoms with Crippen molar-refractivity contribution in [3.8, 4) is 5.75 Å². The van der Waals surface area contributed by atoms with Crippen molar-refractivity contribution < 1.29 is 19.1 Å². The molecule has 2 amide bonds. The van der Waals surface area contributed by atoms with Gasteiger partial charge in [-0.05, 0) is 48.6 Å². The van der Waals surface area contributed by atoms with Crippen LogP contribution in [-0.2, 0) is 4.74 Å². The predicted octanol–water partition coefficient (Wildman–Crippen LogP) is 2.75. The summed E-state index contributed by atoms with van der Waals surface area (Å²) >= 11 is 5.21. The smallest absolute Gasteiger partial charge is 0.257 e. The van der Waals surface area contributed by atoms with Gasteiger partial charge in [-0.15, -0.1) is 6.58 Å². The number of carbonyl (C=O) groups is 2. The van der Waals surface area contributed by atoms with Crippen molar-refractivity contribution in [2.75, 3.05) is 32.2 Å². The van der Waals surface area contributed by atoms with Crippen molar-refractivity contribution in [3.63, 3.8) is 0 Å². The Kier molecular flexibility index (Phi) is 8.81. The molecule has 8 heteroatoms. The molecule has 0 atom stereocenters. The molecule has 0 aliphatic heterocycles. The Bertz CT molecular complexity index is 868. The highest BCUT2D eigenvalue weighted by molar-refractivity contribution is 7.80. The average molecular weight is 413 g/mol. The molecule has 0 aromatic heterocycles. The van der Waals surface area contributed by atoms with E-state index in [2.05, 4.69) is 22.5 Å². The highest BCUT2D eigenvalue weighted by atomic mass is 32.1. The maximum atomic E-state index is 12.4. The Morgan fingerprint density at radius 2 is 1.79 bits per heavy atom. The number of nitrogens with one attached hydrogen (secondary N) is 3. The molecule has 3 N–H and O–H groups in total. The molecule has 2 rings (SSSR count). The van der Waals surface area contributed by atoms with Gasteiger partial charge >= 0.3 is 0 Å². The first-order valence-electron chi connectivity index (χ1n) is 8.87. The number of carbonyl (C=O) groups excluding carboxylic acids is 2. The minimum atomic E-state index is -0.375. The Labute approximate surface area is 175 Å². The number of rotatable bonds is 9. The normalized spacial score (nSPS) is 9.97. The number of ether oxygens (including phenoxy) is 2. The summed E-state index contributed by atoms with van der Waals surface area (Å²) in [5.41, 5.74) is 1.31. The first-order chi connectivity index (χ1) is 14.0. The van der Waals surface area contributed by atoms with E-state index in [9.17, 15) is 9.59 Å². The van der Waals surface area contributed by atoms with E-state index in [0.717, 1.165) is 0 Å². The Morgan fingerprint density at radius 3 is 2.48 bits per heavy atom. The van der Waals surface area contributed by atoms with E-state index in [1.54, 1.807) is 61.7 Å². The van der Waals surface area contributed by atoms with Gasteiger partial charge in [0.1, 0.15) is 12.4 Å². The second-order valence-electron chi connectivity index (χ2n) is 5.82. The van der Waals surface area contributed by atoms with E-state index < -0.39 is 0 Å². The molecule has 0 unspecified atom stereocenters. The lowest BCUT2D eigenvalue weighted by molar-refractivity contribution is 0.0956. The van der Waals surface area contributed by atoms with Crippen LogP contribution in [0.1, 0.15) is 20.7 Å². The van der Waals surface area contributed by atoms with Gasteiger partial charge in [-0.3, -0.25) is 14.9 Å². The van der Waals surface area contributed by atoms with Crippen LogP contribution in [0.25, 0.3) is 0 Å². The number of amides is 2. The summed E-state index contributed by atoms with van der Waals surface area (Å²) in [6.07, 6.45) is 1.59. The van der Waals surface area contributed by atoms with Crippen LogP contribution < -0.4 is 20.7 Å². The molecule has 0 bridgehead atoms. The fraction of sp³-hybridized carbons (Fsp3) is 0.190. The summed E-state index contributed by atoms with van der Waals surface area (Å²) in [5, 5.41) is 8.27. The average Bonchev–Trinajstić information content (AvgIpc) is 2.73. The zero-order valence-electron chi connectivity index (χ0n) is 16.1. The molecule has 2 aromatic rings. The topological polar surface area (TPSA) is 88.7 Å². The summed E-state index contributed by atoms with van der Waals surface area (Å²) in [4.78, 5) is 24.6. The summed E-state index contributed by atoms with van der Waals surface area (Å²) in [5.74, 6) is -0.00974. The lowest BCUT2D eigenvalue weighted by Crippen LogP contribution is -2.35. The molecule has 7 nitrogen and oxygen atoms in total. The van der Waals surface area contributed by atoms with Crippen LogP contribution in [0, 0.1) is 0 Å². The molecule has 0 radical (unpaired) electrons. The summed E-state index contributed by atoms with van der Waals surface area (Å²) in [6, 6.07) is 13.5. The third kappa shape index (κ3) is 7.02. The zero-order chi connectivity index (χ0) is 21.1. The molecule has 152 valence electrons. The van der Waals surface area contributed by atoms with Gasteiger partial charge in [0, 0.05) is 19.2 Å². The fourth-order valence-electron chi connectivity index (χ4n) is 2.32. The van der Waals surface area contributed by atoms with Gasteiger partial charge in [0.05, 0.1) is 17.9 Å². The van der Waals surface area contributed by atoms with E-state index in [1.165, 1.54) is 0 Å². The van der Waals surface area contributed by atoms with Gasteiger partial charge in [-0.1, -0.05) is 18.2 Å². The van der Waals surface area contributed by atoms with Crippen molar-refractivity contribution in [2.45, 2.75) is 0 Å². The molecule has 0 saturated carbocycles. The molecular formula is C21H23N3O4S. The molecule has 2 aromatic carbocycles. The number of thiocarbonyl (C=S) groups is 1. The number of anilines is 1. The standard InChI is InChI=1S/C21H23N3O4S/c1-3-12-22-20(26)17-6-4-5-7-18(17)23-21(29)24-19(25)15-8-10-16(11-9-15)28-14-13-27-2/h3-11H,1,12-14H2,2H3,(H,22,26)(H2,23,24,25,29). The van der Waals surface area contributed by atoms with Crippen LogP contribution in [0.2, 0.25) is 0 Å². The monoisotopic (exact) mass is 413 g/mol. The summed E-state index contributed by atoms with van der Waals surface area (Å²) in [7, 11) is 1.60. The van der Waals surface area contributed by atoms with Gasteiger partial charge in [0.2, 0.25) is 0 Å². The summed E-state index contributed by atoms with van der Waals surface area (Å²) < 4.78 is 10.4. The molecule has 0 spiro atoms. The van der Waals surface area contributed by atoms with E-state index in [1.807, 2.05) is 0 Å². The molecular weight excluding hydrogens is 390 g/mol. The molecule has 0 saturated heterocycles. The van der Waals surface area contributed by atoms with E-state index in [-0.39, 0.29) is 16.9 Å². The van der Waals surface area contributed by atoms with Crippen LogP contribution in [0.3, 0.4) is 0 Å². The first kappa shape index (κ1) is 22.1. The molecule has 29 heavy (non-hydrogen) atoms. The van der Waals surface area contributed by atoms with Crippen LogP contribution in [-0.4, -0.2) is 43.8 Å². The molecule has 0 heterocycles.